The SMILES string of the molecule is CCOc1cccc(F)c1C#Cc1cn([C@@H]2O[C@H](COS(N)(=O)=O)[C@@H](O)[C@H]2O)c2c1c(N)nc[n+]2Cc1ccc(O[C@@H]2O[C@H](C(=O)O)[C@@H](O)[C@H](O)[C@H]2O)c(NC(=O)CCNC(=O)CCOCCOCCOCCC(C)=O)c1.[CH3-]. The molecule has 78 heavy (non-hydrogen) atoms. The Morgan fingerprint density at radius 3 is 2.23 bits per heavy atom. The number of ketones is 1. The van der Waals surface area contributed by atoms with Crippen LogP contribution in [0.2, 0.25) is 0 Å². The minimum Gasteiger partial charge on any atom is -0.492 e. The van der Waals surface area contributed by atoms with Crippen LogP contribution in [0.4, 0.5) is 15.9 Å². The summed E-state index contributed by atoms with van der Waals surface area (Å²) in [6, 6.07) is 8.34. The number of carboxylic acid groups (broad SMARTS) is 1. The van der Waals surface area contributed by atoms with Crippen LogP contribution in [-0.4, -0.2) is 181 Å². The number of nitrogen functional groups attached to an aromatic ring is 1. The van der Waals surface area contributed by atoms with Gasteiger partial charge in [-0.1, -0.05) is 29.0 Å². The van der Waals surface area contributed by atoms with Gasteiger partial charge in [-0.05, 0) is 43.7 Å². The number of fused-ring (bicyclic) bond motifs is 1. The molecule has 0 aliphatic carbocycles. The lowest BCUT2D eigenvalue weighted by Gasteiger charge is -2.38. The van der Waals surface area contributed by atoms with Crippen LogP contribution in [0.5, 0.6) is 11.5 Å². The molecule has 9 atom stereocenters. The van der Waals surface area contributed by atoms with Crippen molar-refractivity contribution in [2.24, 2.45) is 5.14 Å². The second-order valence-electron chi connectivity index (χ2n) is 17.4. The Kier molecular flexibility index (Phi) is 23.1. The number of aliphatic hydroxyl groups excluding tert-OH is 5. The van der Waals surface area contributed by atoms with Gasteiger partial charge >= 0.3 is 16.3 Å². The van der Waals surface area contributed by atoms with E-state index in [1.54, 1.807) is 6.92 Å². The number of ether oxygens (including phenoxy) is 7. The number of anilines is 2. The number of nitrogens with one attached hydrogen (secondary N) is 2. The molecule has 2 saturated heterocycles. The molecule has 0 bridgehead atoms. The van der Waals surface area contributed by atoms with Gasteiger partial charge in [-0.2, -0.15) is 8.42 Å². The number of halogens is 1. The van der Waals surface area contributed by atoms with E-state index in [9.17, 15) is 58.2 Å². The van der Waals surface area contributed by atoms with Crippen molar-refractivity contribution < 1.29 is 105 Å². The van der Waals surface area contributed by atoms with E-state index >= 15 is 4.39 Å². The topological polar surface area (TPSA) is 395 Å². The van der Waals surface area contributed by atoms with Crippen molar-refractivity contribution >= 4 is 56.4 Å². The van der Waals surface area contributed by atoms with Crippen molar-refractivity contribution in [3.8, 4) is 23.3 Å². The monoisotopic (exact) mass is 1120 g/mol. The highest BCUT2D eigenvalue weighted by atomic mass is 32.2. The van der Waals surface area contributed by atoms with Gasteiger partial charge in [-0.3, -0.25) is 18.6 Å². The molecule has 12 N–H and O–H groups in total. The third kappa shape index (κ3) is 16.8. The van der Waals surface area contributed by atoms with Gasteiger partial charge in [-0.15, -0.1) is 0 Å². The lowest BCUT2D eigenvalue weighted by atomic mass is 9.99. The van der Waals surface area contributed by atoms with Crippen LogP contribution >= 0.6 is 0 Å². The lowest BCUT2D eigenvalue weighted by molar-refractivity contribution is -0.668. The molecule has 428 valence electrons. The number of carbonyl (C=O) groups is 4. The maximum absolute atomic E-state index is 15.2. The van der Waals surface area contributed by atoms with E-state index in [2.05, 4.69) is 31.6 Å². The maximum Gasteiger partial charge on any atom is 0.335 e. The minimum atomic E-state index is -4.51. The highest BCUT2D eigenvalue weighted by Gasteiger charge is 2.49. The molecule has 0 unspecified atom stereocenters. The molecule has 2 fully saturated rings. The number of hydrogen-bond acceptors (Lipinski definition) is 21. The van der Waals surface area contributed by atoms with Gasteiger partial charge in [0.05, 0.1) is 76.8 Å². The van der Waals surface area contributed by atoms with Crippen molar-refractivity contribution in [2.75, 3.05) is 70.5 Å². The summed E-state index contributed by atoms with van der Waals surface area (Å²) in [5, 5.41) is 74.0. The molecule has 2 aliphatic rings. The zero-order chi connectivity index (χ0) is 56.0. The standard InChI is InChI=1S/C48H60FN7O20S.CH3/c1-3-72-32-6-4-5-30(49)29(32)9-8-28-23-56(46-41(63)38(60)34(74-46)24-73-77(51,67)68)45-37(28)44(50)53-25-55(45)22-27-7-10-33(75-48-42(64)39(61)40(62)43(76-48)47(65)66)31(21-27)54-36(59)11-14-52-35(58)13-16-70-18-20-71-19-17-69-15-12-26(2)57;/h4-7,10,21,23,25,34,38-43,46,48,50,60-64H,3,11-20,22,24H2,1-2H3,(H5,51,52,54,58,59,65,66,67,68);1H3/q;-1/p+1/t34-,38-,39+,40+,41-,42-,43+,46-,48-;/m1./s1. The summed E-state index contributed by atoms with van der Waals surface area (Å²) in [4.78, 5) is 53.3. The summed E-state index contributed by atoms with van der Waals surface area (Å²) in [6.07, 6.45) is -13.8. The van der Waals surface area contributed by atoms with Gasteiger partial charge in [0.1, 0.15) is 70.7 Å². The van der Waals surface area contributed by atoms with Gasteiger partial charge < -0.3 is 87.6 Å². The number of carboxylic acids is 1. The Labute approximate surface area is 447 Å². The normalized spacial score (nSPS) is 22.0. The van der Waals surface area contributed by atoms with Crippen LogP contribution in [0, 0.1) is 25.1 Å². The van der Waals surface area contributed by atoms with Crippen molar-refractivity contribution in [1.82, 2.24) is 14.9 Å². The third-order valence-corrected chi connectivity index (χ3v) is 12.2. The highest BCUT2D eigenvalue weighted by Crippen LogP contribution is 2.36. The predicted octanol–water partition coefficient (Wildman–Crippen LogP) is -1.68. The number of nitrogens with zero attached hydrogens (tertiary/aromatic N) is 3. The van der Waals surface area contributed by atoms with Crippen LogP contribution in [0.3, 0.4) is 0 Å². The molecule has 0 saturated carbocycles. The number of aliphatic carboxylic acids is 1. The molecular formula is C49H64FN7O20S. The van der Waals surface area contributed by atoms with E-state index in [1.807, 2.05) is 0 Å². The average molecular weight is 1120 g/mol. The van der Waals surface area contributed by atoms with Crippen molar-refractivity contribution in [2.45, 2.75) is 94.9 Å². The Hall–Kier alpha value is -6.50. The van der Waals surface area contributed by atoms with E-state index in [1.165, 1.54) is 65.0 Å². The summed E-state index contributed by atoms with van der Waals surface area (Å²) in [5.74, 6) is 2.01. The number of benzene rings is 2. The predicted molar refractivity (Wildman–Crippen MR) is 268 cm³/mol. The fraction of sp³-hybridized carbons (Fsp3) is 0.490. The first-order valence-corrected chi connectivity index (χ1v) is 25.5. The fourth-order valence-electron chi connectivity index (χ4n) is 7.89. The van der Waals surface area contributed by atoms with E-state index in [-0.39, 0.29) is 111 Å². The number of aromatic nitrogens is 3. The fourth-order valence-corrected chi connectivity index (χ4v) is 8.21. The molecule has 2 aromatic carbocycles. The Morgan fingerprint density at radius 2 is 1.56 bits per heavy atom. The van der Waals surface area contributed by atoms with Gasteiger partial charge in [0.15, 0.2) is 6.10 Å². The van der Waals surface area contributed by atoms with E-state index in [0.717, 1.165) is 0 Å². The Morgan fingerprint density at radius 1 is 0.872 bits per heavy atom. The number of amides is 2. The number of rotatable bonds is 27. The van der Waals surface area contributed by atoms with Crippen LogP contribution in [0.25, 0.3) is 11.0 Å². The van der Waals surface area contributed by atoms with Crippen LogP contribution in [0.15, 0.2) is 48.9 Å². The molecule has 29 heteroatoms. The van der Waals surface area contributed by atoms with Gasteiger partial charge in [0.2, 0.25) is 42.1 Å². The van der Waals surface area contributed by atoms with E-state index in [4.69, 9.17) is 44.0 Å². The Bertz CT molecular complexity index is 2900. The van der Waals surface area contributed by atoms with Crippen molar-refractivity contribution in [1.29, 1.82) is 0 Å². The third-order valence-electron chi connectivity index (χ3n) is 11.7. The quantitative estimate of drug-likeness (QED) is 0.0138. The van der Waals surface area contributed by atoms with E-state index < -0.39 is 95.8 Å². The molecule has 0 spiro atoms. The number of Topliss-reactive ketones (excluding diaryl/α,β-unsaturated/α-hetero) is 1. The number of aliphatic hydroxyl groups is 5. The highest BCUT2D eigenvalue weighted by molar-refractivity contribution is 7.84. The second kappa shape index (κ2) is 28.9. The van der Waals surface area contributed by atoms with Gasteiger partial charge in [0, 0.05) is 25.8 Å². The Balaban J connectivity index is 0.0000112. The van der Waals surface area contributed by atoms with Crippen LogP contribution < -0.4 is 35.5 Å². The average Bonchev–Trinajstić information content (AvgIpc) is 4.03. The summed E-state index contributed by atoms with van der Waals surface area (Å²) >= 11 is 0. The smallest absolute Gasteiger partial charge is 0.335 e. The first-order chi connectivity index (χ1) is 36.7. The van der Waals surface area contributed by atoms with Gasteiger partial charge in [-0.25, -0.2) is 23.5 Å². The van der Waals surface area contributed by atoms with Gasteiger partial charge in [0.25, 0.3) is 0 Å². The number of hydrogen-bond donors (Lipinski definition) is 10. The maximum atomic E-state index is 15.2. The van der Waals surface area contributed by atoms with Crippen molar-refractivity contribution in [3.63, 3.8) is 0 Å². The molecule has 2 aliphatic heterocycles. The summed E-state index contributed by atoms with van der Waals surface area (Å²) in [5.41, 5.74) is 6.88. The number of carbonyl (C=O) groups excluding carboxylic acids is 3. The first-order valence-electron chi connectivity index (χ1n) is 24.0. The van der Waals surface area contributed by atoms with Crippen molar-refractivity contribution in [3.05, 3.63) is 78.9 Å². The minimum absolute atomic E-state index is 0. The molecule has 6 rings (SSSR count). The summed E-state index contributed by atoms with van der Waals surface area (Å²) < 4.78 is 84.8. The second-order valence-corrected chi connectivity index (χ2v) is 18.6. The zero-order valence-corrected chi connectivity index (χ0v) is 43.5. The van der Waals surface area contributed by atoms with Crippen LogP contribution in [-0.2, 0) is 63.9 Å². The largest absolute Gasteiger partial charge is 0.492 e. The molecule has 27 nitrogen and oxygen atoms in total. The number of nitrogens with two attached hydrogens (primary N) is 2. The summed E-state index contributed by atoms with van der Waals surface area (Å²) in [6.45, 7) is 3.66. The van der Waals surface area contributed by atoms with E-state index in [0.29, 0.717) is 31.8 Å². The zero-order valence-electron chi connectivity index (χ0n) is 42.7. The van der Waals surface area contributed by atoms with Crippen LogP contribution in [0.1, 0.15) is 56.0 Å². The summed E-state index contributed by atoms with van der Waals surface area (Å²) in [7, 11) is -4.51. The molecule has 4 aromatic rings. The molecule has 2 amide bonds. The molecule has 2 aromatic heterocycles. The lowest BCUT2D eigenvalue weighted by Crippen LogP contribution is -2.61. The molecular weight excluding hydrogens is 1060 g/mol. The molecule has 0 radical (unpaired) electrons. The molecule has 4 heterocycles. The first kappa shape index (κ1) is 62.3.